The van der Waals surface area contributed by atoms with Crippen LogP contribution in [0.15, 0.2) is 55.1 Å². The molecule has 56 valence electrons. The average Bonchev–Trinajstić information content (AvgIpc) is 2.07. The van der Waals surface area contributed by atoms with E-state index in [0.717, 1.165) is 6.42 Å². The largest absolute Gasteiger partial charge is 0.0991 e. The van der Waals surface area contributed by atoms with E-state index >= 15 is 0 Å². The average molecular weight is 144 g/mol. The Morgan fingerprint density at radius 2 is 1.91 bits per heavy atom. The minimum Gasteiger partial charge on any atom is -0.0991 e. The van der Waals surface area contributed by atoms with Crippen LogP contribution in [0.5, 0.6) is 0 Å². The molecule has 0 aliphatic carbocycles. The van der Waals surface area contributed by atoms with Gasteiger partial charge in [0.1, 0.15) is 0 Å². The first-order valence-electron chi connectivity index (χ1n) is 3.75. The second-order valence-electron chi connectivity index (χ2n) is 2.35. The lowest BCUT2D eigenvalue weighted by Gasteiger charge is -1.92. The van der Waals surface area contributed by atoms with Gasteiger partial charge in [0.25, 0.3) is 0 Å². The Hall–Kier alpha value is -1.30. The number of benzene rings is 1. The van der Waals surface area contributed by atoms with Crippen LogP contribution in [0.25, 0.3) is 0 Å². The summed E-state index contributed by atoms with van der Waals surface area (Å²) < 4.78 is 0. The lowest BCUT2D eigenvalue weighted by molar-refractivity contribution is 1.27. The van der Waals surface area contributed by atoms with E-state index in [2.05, 4.69) is 36.9 Å². The molecule has 0 amide bonds. The van der Waals surface area contributed by atoms with Gasteiger partial charge in [-0.15, -0.1) is 0 Å². The quantitative estimate of drug-likeness (QED) is 0.572. The topological polar surface area (TPSA) is 0 Å². The molecule has 0 N–H and O–H groups in total. The summed E-state index contributed by atoms with van der Waals surface area (Å²) in [5, 5.41) is 0. The molecule has 0 spiro atoms. The van der Waals surface area contributed by atoms with Crippen molar-refractivity contribution < 1.29 is 0 Å². The van der Waals surface area contributed by atoms with Gasteiger partial charge in [-0.1, -0.05) is 55.1 Å². The van der Waals surface area contributed by atoms with Crippen LogP contribution in [-0.2, 0) is 6.42 Å². The van der Waals surface area contributed by atoms with Crippen molar-refractivity contribution in [3.05, 3.63) is 60.7 Å². The summed E-state index contributed by atoms with van der Waals surface area (Å²) in [6.07, 6.45) is 6.85. The second-order valence-corrected chi connectivity index (χ2v) is 2.35. The molecule has 0 aromatic heterocycles. The Balaban J connectivity index is 2.51. The van der Waals surface area contributed by atoms with E-state index in [4.69, 9.17) is 0 Å². The Morgan fingerprint density at radius 3 is 2.55 bits per heavy atom. The molecular weight excluding hydrogens is 132 g/mol. The lowest BCUT2D eigenvalue weighted by atomic mass is 10.1. The molecule has 0 unspecified atom stereocenters. The summed E-state index contributed by atoms with van der Waals surface area (Å²) in [5.41, 5.74) is 1.34. The molecule has 0 aliphatic rings. The summed E-state index contributed by atoms with van der Waals surface area (Å²) in [6, 6.07) is 10.4. The summed E-state index contributed by atoms with van der Waals surface area (Å²) in [7, 11) is 0. The van der Waals surface area contributed by atoms with E-state index in [1.165, 1.54) is 5.56 Å². The maximum absolute atomic E-state index is 3.61. The third-order valence-electron chi connectivity index (χ3n) is 1.47. The van der Waals surface area contributed by atoms with Gasteiger partial charge in [-0.3, -0.25) is 0 Å². The molecule has 1 aromatic carbocycles. The van der Waals surface area contributed by atoms with E-state index < -0.39 is 0 Å². The van der Waals surface area contributed by atoms with E-state index in [1.54, 1.807) is 6.08 Å². The van der Waals surface area contributed by atoms with Crippen LogP contribution in [-0.4, -0.2) is 0 Å². The van der Waals surface area contributed by atoms with Crippen LogP contribution in [0.2, 0.25) is 0 Å². The molecule has 0 saturated carbocycles. The van der Waals surface area contributed by atoms with Crippen molar-refractivity contribution in [2.75, 3.05) is 0 Å². The minimum absolute atomic E-state index is 0.993. The Kier molecular flexibility index (Phi) is 3.20. The van der Waals surface area contributed by atoms with Gasteiger partial charge in [0.15, 0.2) is 0 Å². The Labute approximate surface area is 67.9 Å². The molecule has 1 rings (SSSR count). The third kappa shape index (κ3) is 2.85. The standard InChI is InChI=1S/C11H12/c1-2-3-5-8-11-9-6-4-7-10-11/h2-7,9-10H,1,8H2/b5-3+. The maximum Gasteiger partial charge on any atom is -0.00943 e. The van der Waals surface area contributed by atoms with Crippen LogP contribution in [0.1, 0.15) is 5.56 Å². The summed E-state index contributed by atoms with van der Waals surface area (Å²) in [5.74, 6) is 0. The first-order valence-corrected chi connectivity index (χ1v) is 3.75. The van der Waals surface area contributed by atoms with Crippen LogP contribution >= 0.6 is 0 Å². The van der Waals surface area contributed by atoms with E-state index in [9.17, 15) is 0 Å². The van der Waals surface area contributed by atoms with E-state index in [-0.39, 0.29) is 0 Å². The number of hydrogen-bond acceptors (Lipinski definition) is 0. The number of hydrogen-bond donors (Lipinski definition) is 0. The van der Waals surface area contributed by atoms with Crippen LogP contribution < -0.4 is 0 Å². The number of rotatable bonds is 3. The van der Waals surface area contributed by atoms with Crippen LogP contribution in [0.4, 0.5) is 0 Å². The second kappa shape index (κ2) is 4.51. The first-order chi connectivity index (χ1) is 5.43. The van der Waals surface area contributed by atoms with Gasteiger partial charge < -0.3 is 0 Å². The Bertz CT molecular complexity index is 231. The van der Waals surface area contributed by atoms with Crippen molar-refractivity contribution in [2.45, 2.75) is 6.42 Å². The predicted octanol–water partition coefficient (Wildman–Crippen LogP) is 2.97. The fraction of sp³-hybridized carbons (Fsp3) is 0.0909. The summed E-state index contributed by atoms with van der Waals surface area (Å²) in [6.45, 7) is 3.61. The van der Waals surface area contributed by atoms with Crippen molar-refractivity contribution in [3.8, 4) is 0 Å². The van der Waals surface area contributed by atoms with Gasteiger partial charge >= 0.3 is 0 Å². The van der Waals surface area contributed by atoms with Crippen molar-refractivity contribution in [1.82, 2.24) is 0 Å². The smallest absolute Gasteiger partial charge is 0.00943 e. The van der Waals surface area contributed by atoms with Crippen molar-refractivity contribution in [3.63, 3.8) is 0 Å². The van der Waals surface area contributed by atoms with Gasteiger partial charge in [-0.05, 0) is 12.0 Å². The maximum atomic E-state index is 3.61. The zero-order chi connectivity index (χ0) is 7.94. The van der Waals surface area contributed by atoms with E-state index in [0.29, 0.717) is 0 Å². The highest BCUT2D eigenvalue weighted by molar-refractivity contribution is 5.18. The van der Waals surface area contributed by atoms with Crippen molar-refractivity contribution in [2.24, 2.45) is 0 Å². The minimum atomic E-state index is 0.993. The fourth-order valence-electron chi connectivity index (χ4n) is 0.914. The van der Waals surface area contributed by atoms with Crippen LogP contribution in [0, 0.1) is 0 Å². The molecule has 0 heteroatoms. The molecule has 0 nitrogen and oxygen atoms in total. The zero-order valence-corrected chi connectivity index (χ0v) is 6.53. The normalized spacial score (nSPS) is 10.2. The molecular formula is C11H12. The van der Waals surface area contributed by atoms with Crippen molar-refractivity contribution in [1.29, 1.82) is 0 Å². The molecule has 0 fully saturated rings. The highest BCUT2D eigenvalue weighted by Crippen LogP contribution is 1.99. The Morgan fingerprint density at radius 1 is 1.18 bits per heavy atom. The van der Waals surface area contributed by atoms with Crippen molar-refractivity contribution >= 4 is 0 Å². The molecule has 0 radical (unpaired) electrons. The molecule has 0 saturated heterocycles. The summed E-state index contributed by atoms with van der Waals surface area (Å²) in [4.78, 5) is 0. The highest BCUT2D eigenvalue weighted by Gasteiger charge is 1.83. The van der Waals surface area contributed by atoms with Gasteiger partial charge in [0, 0.05) is 0 Å². The molecule has 1 aromatic rings. The molecule has 0 aliphatic heterocycles. The monoisotopic (exact) mass is 144 g/mol. The summed E-state index contributed by atoms with van der Waals surface area (Å²) >= 11 is 0. The fourth-order valence-corrected chi connectivity index (χ4v) is 0.914. The van der Waals surface area contributed by atoms with Crippen LogP contribution in [0.3, 0.4) is 0 Å². The molecule has 11 heavy (non-hydrogen) atoms. The predicted molar refractivity (Wildman–Crippen MR) is 49.5 cm³/mol. The zero-order valence-electron chi connectivity index (χ0n) is 6.53. The molecule has 0 atom stereocenters. The SMILES string of the molecule is C=C/C=C/Cc1ccccc1. The molecule has 0 bridgehead atoms. The third-order valence-corrected chi connectivity index (χ3v) is 1.47. The van der Waals surface area contributed by atoms with Gasteiger partial charge in [0.05, 0.1) is 0 Å². The molecule has 0 heterocycles. The first kappa shape index (κ1) is 7.80. The lowest BCUT2D eigenvalue weighted by Crippen LogP contribution is -1.77. The van der Waals surface area contributed by atoms with Gasteiger partial charge in [-0.25, -0.2) is 0 Å². The van der Waals surface area contributed by atoms with Gasteiger partial charge in [0.2, 0.25) is 0 Å². The number of allylic oxidation sites excluding steroid dienone is 3. The van der Waals surface area contributed by atoms with E-state index in [1.807, 2.05) is 12.1 Å². The highest BCUT2D eigenvalue weighted by atomic mass is 13.9. The van der Waals surface area contributed by atoms with Gasteiger partial charge in [-0.2, -0.15) is 0 Å².